The predicted molar refractivity (Wildman–Crippen MR) is 98.5 cm³/mol. The van der Waals surface area contributed by atoms with Crippen LogP contribution in [0.15, 0.2) is 48.5 Å². The van der Waals surface area contributed by atoms with E-state index in [0.717, 1.165) is 0 Å². The van der Waals surface area contributed by atoms with Gasteiger partial charge in [0.15, 0.2) is 0 Å². The van der Waals surface area contributed by atoms with Gasteiger partial charge in [-0.1, -0.05) is 61.8 Å². The molecular weight excluding hydrogens is 374 g/mol. The monoisotopic (exact) mass is 395 g/mol. The maximum absolute atomic E-state index is 13.8. The van der Waals surface area contributed by atoms with Crippen LogP contribution in [0.3, 0.4) is 0 Å². The molecule has 0 aromatic heterocycles. The van der Waals surface area contributed by atoms with Crippen LogP contribution in [-0.2, 0) is 17.6 Å². The van der Waals surface area contributed by atoms with Gasteiger partial charge >= 0.3 is 0 Å². The molecule has 2 rings (SSSR count). The van der Waals surface area contributed by atoms with Crippen molar-refractivity contribution in [3.63, 3.8) is 0 Å². The second-order valence-corrected chi connectivity index (χ2v) is 7.47. The predicted octanol–water partition coefficient (Wildman–Crippen LogP) is 3.82. The van der Waals surface area contributed by atoms with Gasteiger partial charge in [0.2, 0.25) is 0 Å². The summed E-state index contributed by atoms with van der Waals surface area (Å²) in [6, 6.07) is 12.7. The van der Waals surface area contributed by atoms with Crippen LogP contribution in [0, 0.1) is 11.8 Å². The molecule has 0 saturated carbocycles. The first-order valence-corrected chi connectivity index (χ1v) is 9.08. The summed E-state index contributed by atoms with van der Waals surface area (Å²) in [5.41, 5.74) is 1.46. The molecule has 2 unspecified atom stereocenters. The fraction of sp³-hybridized carbons (Fsp3) is 0.381. The van der Waals surface area contributed by atoms with E-state index in [9.17, 15) is 23.8 Å². The Morgan fingerprint density at radius 1 is 1.15 bits per heavy atom. The molecule has 0 aliphatic rings. The largest absolute Gasteiger partial charge is 0.550 e. The quantitative estimate of drug-likeness (QED) is 0.739. The first kappa shape index (κ1) is 21.3. The lowest BCUT2D eigenvalue weighted by molar-refractivity contribution is -0.314. The lowest BCUT2D eigenvalue weighted by Crippen LogP contribution is -2.36. The standard InChI is InChI=1S/C21H23ClF2O3/c1-13(2)21(23,24)12-15-8-6-14(7-9-15)10-18(20(26)27)19(25)16-4-3-5-17(22)11-16/h3-9,11,13,18-19,25H,10,12H2,1-2H3,(H,26,27)/p-1. The van der Waals surface area contributed by atoms with Gasteiger partial charge in [-0.15, -0.1) is 0 Å². The number of rotatable bonds is 8. The van der Waals surface area contributed by atoms with E-state index in [1.54, 1.807) is 42.5 Å². The van der Waals surface area contributed by atoms with Crippen molar-refractivity contribution >= 4 is 17.6 Å². The summed E-state index contributed by atoms with van der Waals surface area (Å²) in [6.45, 7) is 2.94. The minimum Gasteiger partial charge on any atom is -0.550 e. The van der Waals surface area contributed by atoms with Crippen LogP contribution in [-0.4, -0.2) is 17.0 Å². The normalized spacial score (nSPS) is 14.2. The second kappa shape index (κ2) is 8.81. The van der Waals surface area contributed by atoms with Gasteiger partial charge in [0.05, 0.1) is 6.10 Å². The lowest BCUT2D eigenvalue weighted by Gasteiger charge is -2.25. The van der Waals surface area contributed by atoms with E-state index in [4.69, 9.17) is 11.6 Å². The number of carbonyl (C=O) groups excluding carboxylic acids is 1. The molecular formula is C21H22ClF2O3-. The van der Waals surface area contributed by atoms with Gasteiger partial charge in [0.1, 0.15) is 0 Å². The molecule has 2 aromatic rings. The third-order valence-electron chi connectivity index (χ3n) is 4.64. The molecule has 0 radical (unpaired) electrons. The number of aliphatic carboxylic acids is 1. The molecule has 0 aliphatic heterocycles. The summed E-state index contributed by atoms with van der Waals surface area (Å²) in [5, 5.41) is 22.3. The number of aliphatic hydroxyl groups excluding tert-OH is 1. The highest BCUT2D eigenvalue weighted by Crippen LogP contribution is 2.30. The topological polar surface area (TPSA) is 60.4 Å². The molecule has 6 heteroatoms. The number of benzene rings is 2. The fourth-order valence-corrected chi connectivity index (χ4v) is 2.97. The van der Waals surface area contributed by atoms with Crippen molar-refractivity contribution in [3.05, 3.63) is 70.2 Å². The first-order valence-electron chi connectivity index (χ1n) is 8.70. The van der Waals surface area contributed by atoms with Gasteiger partial charge in [0.25, 0.3) is 5.92 Å². The van der Waals surface area contributed by atoms with Crippen LogP contribution < -0.4 is 5.11 Å². The Morgan fingerprint density at radius 3 is 2.26 bits per heavy atom. The van der Waals surface area contributed by atoms with Crippen LogP contribution in [0.1, 0.15) is 36.6 Å². The number of alkyl halides is 2. The van der Waals surface area contributed by atoms with Gasteiger partial charge in [-0.3, -0.25) is 0 Å². The molecule has 2 aromatic carbocycles. The van der Waals surface area contributed by atoms with Crippen molar-refractivity contribution in [2.45, 2.75) is 38.7 Å². The van der Waals surface area contributed by atoms with Crippen LogP contribution in [0.4, 0.5) is 8.78 Å². The van der Waals surface area contributed by atoms with Crippen LogP contribution in [0.25, 0.3) is 0 Å². The van der Waals surface area contributed by atoms with Crippen molar-refractivity contribution in [1.82, 2.24) is 0 Å². The third-order valence-corrected chi connectivity index (χ3v) is 4.87. The highest BCUT2D eigenvalue weighted by Gasteiger charge is 2.33. The van der Waals surface area contributed by atoms with E-state index in [1.807, 2.05) is 0 Å². The number of halogens is 3. The summed E-state index contributed by atoms with van der Waals surface area (Å²) in [4.78, 5) is 11.5. The molecule has 0 spiro atoms. The van der Waals surface area contributed by atoms with Gasteiger partial charge in [-0.05, 0) is 35.2 Å². The summed E-state index contributed by atoms with van der Waals surface area (Å²) in [5.74, 6) is -6.16. The molecule has 0 saturated heterocycles. The Kier molecular flexibility index (Phi) is 6.95. The van der Waals surface area contributed by atoms with E-state index in [0.29, 0.717) is 21.7 Å². The van der Waals surface area contributed by atoms with Crippen molar-refractivity contribution in [1.29, 1.82) is 0 Å². The number of carbonyl (C=O) groups is 1. The Morgan fingerprint density at radius 2 is 1.74 bits per heavy atom. The molecule has 0 fully saturated rings. The van der Waals surface area contributed by atoms with Crippen molar-refractivity contribution in [2.24, 2.45) is 11.8 Å². The molecule has 146 valence electrons. The van der Waals surface area contributed by atoms with Gasteiger partial charge in [0, 0.05) is 29.2 Å². The number of carboxylic acids is 1. The zero-order valence-corrected chi connectivity index (χ0v) is 15.9. The Bertz CT molecular complexity index is 775. The summed E-state index contributed by atoms with van der Waals surface area (Å²) in [7, 11) is 0. The highest BCUT2D eigenvalue weighted by molar-refractivity contribution is 6.30. The molecule has 1 N–H and O–H groups in total. The van der Waals surface area contributed by atoms with E-state index in [2.05, 4.69) is 0 Å². The summed E-state index contributed by atoms with van der Waals surface area (Å²) in [6.07, 6.45) is -1.66. The van der Waals surface area contributed by atoms with E-state index >= 15 is 0 Å². The van der Waals surface area contributed by atoms with Gasteiger partial charge in [-0.25, -0.2) is 8.78 Å². The van der Waals surface area contributed by atoms with Crippen LogP contribution >= 0.6 is 11.6 Å². The van der Waals surface area contributed by atoms with E-state index in [1.165, 1.54) is 19.9 Å². The summed E-state index contributed by atoms with van der Waals surface area (Å²) >= 11 is 5.89. The first-order chi connectivity index (χ1) is 12.6. The lowest BCUT2D eigenvalue weighted by atomic mass is 9.89. The molecule has 0 bridgehead atoms. The van der Waals surface area contributed by atoms with Crippen molar-refractivity contribution in [3.8, 4) is 0 Å². The molecule has 3 nitrogen and oxygen atoms in total. The van der Waals surface area contributed by atoms with Gasteiger partial charge in [-0.2, -0.15) is 0 Å². The number of hydrogen-bond donors (Lipinski definition) is 1. The fourth-order valence-electron chi connectivity index (χ4n) is 2.77. The number of hydrogen-bond acceptors (Lipinski definition) is 3. The second-order valence-electron chi connectivity index (χ2n) is 7.04. The Hall–Kier alpha value is -1.98. The smallest absolute Gasteiger partial charge is 0.254 e. The minimum absolute atomic E-state index is 0.0108. The Labute approximate surface area is 162 Å². The average Bonchev–Trinajstić information content (AvgIpc) is 2.59. The Balaban J connectivity index is 2.14. The molecule has 0 amide bonds. The van der Waals surface area contributed by atoms with Crippen molar-refractivity contribution in [2.75, 3.05) is 0 Å². The summed E-state index contributed by atoms with van der Waals surface area (Å²) < 4.78 is 27.7. The SMILES string of the molecule is CC(C)C(F)(F)Cc1ccc(CC(C(=O)[O-])C(O)c2cccc(Cl)c2)cc1. The zero-order chi connectivity index (χ0) is 20.2. The van der Waals surface area contributed by atoms with E-state index < -0.39 is 29.8 Å². The van der Waals surface area contributed by atoms with Gasteiger partial charge < -0.3 is 15.0 Å². The maximum Gasteiger partial charge on any atom is 0.254 e. The highest BCUT2D eigenvalue weighted by atomic mass is 35.5. The van der Waals surface area contributed by atoms with Crippen LogP contribution in [0.2, 0.25) is 5.02 Å². The average molecular weight is 396 g/mol. The molecule has 0 heterocycles. The van der Waals surface area contributed by atoms with E-state index in [-0.39, 0.29) is 12.8 Å². The van der Waals surface area contributed by atoms with Crippen molar-refractivity contribution < 1.29 is 23.8 Å². The number of aliphatic hydroxyl groups is 1. The maximum atomic E-state index is 13.8. The molecule has 27 heavy (non-hydrogen) atoms. The molecule has 2 atom stereocenters. The zero-order valence-electron chi connectivity index (χ0n) is 15.2. The molecule has 0 aliphatic carbocycles. The number of carboxylic acid groups (broad SMARTS) is 1. The third kappa shape index (κ3) is 5.75. The van der Waals surface area contributed by atoms with Crippen LogP contribution in [0.5, 0.6) is 0 Å². The minimum atomic E-state index is -2.81.